The maximum absolute atomic E-state index is 11.0. The monoisotopic (exact) mass is 169 g/mol. The van der Waals surface area contributed by atoms with Crippen molar-refractivity contribution in [3.05, 3.63) is 18.2 Å². The van der Waals surface area contributed by atoms with E-state index in [9.17, 15) is 4.79 Å². The molecular formula is C7H11N3O2. The van der Waals surface area contributed by atoms with Crippen LogP contribution < -0.4 is 5.73 Å². The van der Waals surface area contributed by atoms with Crippen LogP contribution in [0.3, 0.4) is 0 Å². The Hall–Kier alpha value is -1.36. The topological polar surface area (TPSA) is 70.1 Å². The zero-order chi connectivity index (χ0) is 8.97. The number of carbonyl (C=O) groups is 1. The van der Waals surface area contributed by atoms with Crippen LogP contribution in [-0.4, -0.2) is 29.2 Å². The maximum atomic E-state index is 11.0. The first-order chi connectivity index (χ1) is 5.79. The van der Waals surface area contributed by atoms with Crippen LogP contribution in [0.1, 0.15) is 10.6 Å². The van der Waals surface area contributed by atoms with Crippen molar-refractivity contribution in [3.8, 4) is 0 Å². The summed E-state index contributed by atoms with van der Waals surface area (Å²) in [5.41, 5.74) is 5.33. The second-order valence-corrected chi connectivity index (χ2v) is 2.22. The Balaban J connectivity index is 2.83. The molecule has 0 aromatic carbocycles. The van der Waals surface area contributed by atoms with E-state index >= 15 is 0 Å². The van der Waals surface area contributed by atoms with Gasteiger partial charge >= 0.3 is 5.97 Å². The summed E-state index contributed by atoms with van der Waals surface area (Å²) in [6.07, 6.45) is 3.24. The first kappa shape index (κ1) is 8.73. The Labute approximate surface area is 70.1 Å². The van der Waals surface area contributed by atoms with E-state index in [1.165, 1.54) is 7.11 Å². The summed E-state index contributed by atoms with van der Waals surface area (Å²) in [6, 6.07) is 0. The summed E-state index contributed by atoms with van der Waals surface area (Å²) >= 11 is 0. The van der Waals surface area contributed by atoms with Crippen molar-refractivity contribution < 1.29 is 9.53 Å². The lowest BCUT2D eigenvalue weighted by atomic mass is 10.5. The lowest BCUT2D eigenvalue weighted by molar-refractivity contribution is 0.0581. The van der Waals surface area contributed by atoms with E-state index in [4.69, 9.17) is 5.73 Å². The predicted molar refractivity (Wildman–Crippen MR) is 42.6 cm³/mol. The van der Waals surface area contributed by atoms with Gasteiger partial charge in [-0.05, 0) is 0 Å². The number of esters is 1. The van der Waals surface area contributed by atoms with Gasteiger partial charge in [0.25, 0.3) is 0 Å². The summed E-state index contributed by atoms with van der Waals surface area (Å²) in [5, 5.41) is 0. The molecule has 0 aliphatic rings. The van der Waals surface area contributed by atoms with Gasteiger partial charge in [0.05, 0.1) is 7.11 Å². The zero-order valence-electron chi connectivity index (χ0n) is 6.86. The molecule has 1 aromatic heterocycles. The number of hydrogen-bond acceptors (Lipinski definition) is 4. The lowest BCUT2D eigenvalue weighted by Crippen LogP contribution is -2.16. The zero-order valence-corrected chi connectivity index (χ0v) is 6.86. The second kappa shape index (κ2) is 3.87. The highest BCUT2D eigenvalue weighted by Crippen LogP contribution is 1.98. The highest BCUT2D eigenvalue weighted by Gasteiger charge is 2.11. The van der Waals surface area contributed by atoms with Crippen molar-refractivity contribution >= 4 is 5.97 Å². The summed E-state index contributed by atoms with van der Waals surface area (Å²) < 4.78 is 6.18. The fourth-order valence-electron chi connectivity index (χ4n) is 0.910. The van der Waals surface area contributed by atoms with E-state index in [1.54, 1.807) is 17.0 Å². The quantitative estimate of drug-likeness (QED) is 0.626. The van der Waals surface area contributed by atoms with Gasteiger partial charge in [-0.25, -0.2) is 9.78 Å². The molecule has 0 aliphatic carbocycles. The number of methoxy groups -OCH3 is 1. The van der Waals surface area contributed by atoms with E-state index in [-0.39, 0.29) is 0 Å². The third-order valence-corrected chi connectivity index (χ3v) is 1.45. The smallest absolute Gasteiger partial charge is 0.374 e. The molecule has 0 amide bonds. The summed E-state index contributed by atoms with van der Waals surface area (Å²) in [5.74, 6) is -0.142. The average molecular weight is 169 g/mol. The molecule has 0 fully saturated rings. The minimum absolute atomic E-state index is 0.294. The van der Waals surface area contributed by atoms with Crippen molar-refractivity contribution in [2.24, 2.45) is 5.73 Å². The SMILES string of the molecule is COC(=O)c1nccn1CCN. The van der Waals surface area contributed by atoms with Gasteiger partial charge in [0.15, 0.2) is 0 Å². The fraction of sp³-hybridized carbons (Fsp3) is 0.429. The van der Waals surface area contributed by atoms with E-state index in [2.05, 4.69) is 9.72 Å². The third-order valence-electron chi connectivity index (χ3n) is 1.45. The molecule has 2 N–H and O–H groups in total. The standard InChI is InChI=1S/C7H11N3O2/c1-12-7(11)6-9-3-5-10(6)4-2-8/h3,5H,2,4,8H2,1H3. The first-order valence-electron chi connectivity index (χ1n) is 3.59. The van der Waals surface area contributed by atoms with Crippen LogP contribution in [-0.2, 0) is 11.3 Å². The lowest BCUT2D eigenvalue weighted by Gasteiger charge is -2.02. The Morgan fingerprint density at radius 2 is 2.58 bits per heavy atom. The van der Waals surface area contributed by atoms with Gasteiger partial charge < -0.3 is 15.0 Å². The molecule has 1 aromatic rings. The Morgan fingerprint density at radius 3 is 3.17 bits per heavy atom. The number of hydrogen-bond donors (Lipinski definition) is 1. The minimum atomic E-state index is -0.437. The minimum Gasteiger partial charge on any atom is -0.463 e. The third kappa shape index (κ3) is 1.62. The first-order valence-corrected chi connectivity index (χ1v) is 3.59. The molecule has 0 aliphatic heterocycles. The maximum Gasteiger partial charge on any atom is 0.374 e. The van der Waals surface area contributed by atoms with Crippen LogP contribution in [0.5, 0.6) is 0 Å². The van der Waals surface area contributed by atoms with Gasteiger partial charge in [0.1, 0.15) is 0 Å². The van der Waals surface area contributed by atoms with E-state index in [0.29, 0.717) is 18.9 Å². The van der Waals surface area contributed by atoms with Gasteiger partial charge in [0.2, 0.25) is 5.82 Å². The Bertz CT molecular complexity index is 269. The fourth-order valence-corrected chi connectivity index (χ4v) is 0.910. The van der Waals surface area contributed by atoms with Gasteiger partial charge in [-0.1, -0.05) is 0 Å². The highest BCUT2D eigenvalue weighted by atomic mass is 16.5. The van der Waals surface area contributed by atoms with Crippen LogP contribution in [0.25, 0.3) is 0 Å². The molecule has 0 unspecified atom stereocenters. The van der Waals surface area contributed by atoms with Crippen LogP contribution >= 0.6 is 0 Å². The second-order valence-electron chi connectivity index (χ2n) is 2.22. The molecule has 12 heavy (non-hydrogen) atoms. The van der Waals surface area contributed by atoms with E-state index in [1.807, 2.05) is 0 Å². The van der Waals surface area contributed by atoms with Crippen molar-refractivity contribution in [1.29, 1.82) is 0 Å². The highest BCUT2D eigenvalue weighted by molar-refractivity contribution is 5.85. The normalized spacial score (nSPS) is 9.83. The predicted octanol–water partition coefficient (Wildman–Crippen LogP) is -0.372. The summed E-state index contributed by atoms with van der Waals surface area (Å²) in [7, 11) is 1.32. The van der Waals surface area contributed by atoms with Gasteiger partial charge in [0, 0.05) is 25.5 Å². The molecule has 0 bridgehead atoms. The van der Waals surface area contributed by atoms with Crippen molar-refractivity contribution in [2.75, 3.05) is 13.7 Å². The van der Waals surface area contributed by atoms with Crippen LogP contribution in [0.2, 0.25) is 0 Å². The van der Waals surface area contributed by atoms with Gasteiger partial charge in [-0.3, -0.25) is 0 Å². The number of aromatic nitrogens is 2. The van der Waals surface area contributed by atoms with E-state index < -0.39 is 5.97 Å². The molecule has 1 rings (SSSR count). The van der Waals surface area contributed by atoms with Gasteiger partial charge in [-0.15, -0.1) is 0 Å². The number of imidazole rings is 1. The number of rotatable bonds is 3. The molecule has 0 radical (unpaired) electrons. The Morgan fingerprint density at radius 1 is 1.83 bits per heavy atom. The molecule has 0 saturated heterocycles. The summed E-state index contributed by atoms with van der Waals surface area (Å²) in [4.78, 5) is 14.9. The van der Waals surface area contributed by atoms with Crippen molar-refractivity contribution in [1.82, 2.24) is 9.55 Å². The van der Waals surface area contributed by atoms with E-state index in [0.717, 1.165) is 0 Å². The molecule has 0 atom stereocenters. The largest absolute Gasteiger partial charge is 0.463 e. The molecule has 0 spiro atoms. The van der Waals surface area contributed by atoms with Gasteiger partial charge in [-0.2, -0.15) is 0 Å². The molecule has 5 nitrogen and oxygen atoms in total. The molecule has 0 saturated carbocycles. The van der Waals surface area contributed by atoms with Crippen molar-refractivity contribution in [3.63, 3.8) is 0 Å². The average Bonchev–Trinajstić information content (AvgIpc) is 2.52. The Kier molecular flexibility index (Phi) is 2.82. The van der Waals surface area contributed by atoms with Crippen LogP contribution in [0, 0.1) is 0 Å². The molecule has 1 heterocycles. The number of ether oxygens (including phenoxy) is 1. The van der Waals surface area contributed by atoms with Crippen LogP contribution in [0.15, 0.2) is 12.4 Å². The number of carbonyl (C=O) groups excluding carboxylic acids is 1. The molecule has 66 valence electrons. The molecular weight excluding hydrogens is 158 g/mol. The summed E-state index contributed by atoms with van der Waals surface area (Å²) in [6.45, 7) is 1.05. The number of nitrogens with zero attached hydrogens (tertiary/aromatic N) is 2. The number of nitrogens with two attached hydrogens (primary N) is 1. The van der Waals surface area contributed by atoms with Crippen LogP contribution in [0.4, 0.5) is 0 Å². The molecule has 5 heteroatoms. The van der Waals surface area contributed by atoms with Crippen molar-refractivity contribution in [2.45, 2.75) is 6.54 Å².